The van der Waals surface area contributed by atoms with Gasteiger partial charge in [0.25, 0.3) is 0 Å². The summed E-state index contributed by atoms with van der Waals surface area (Å²) in [6, 6.07) is 43.8. The van der Waals surface area contributed by atoms with E-state index in [1.165, 1.54) is 148 Å². The summed E-state index contributed by atoms with van der Waals surface area (Å²) in [5, 5.41) is 5.11. The van der Waals surface area contributed by atoms with Gasteiger partial charge in [0, 0.05) is 44.3 Å². The van der Waals surface area contributed by atoms with Crippen molar-refractivity contribution in [1.82, 2.24) is 0 Å². The molecule has 2 heteroatoms. The molecule has 0 N–H and O–H groups in total. The van der Waals surface area contributed by atoms with Gasteiger partial charge in [0.15, 0.2) is 0 Å². The Morgan fingerprint density at radius 1 is 0.470 bits per heavy atom. The maximum Gasteiger partial charge on any atom is 0.0620 e. The maximum atomic E-state index is 2.64. The number of hydrogen-bond acceptors (Lipinski definition) is 2. The second-order valence-corrected chi connectivity index (χ2v) is 23.1. The van der Waals surface area contributed by atoms with E-state index < -0.39 is 0 Å². The summed E-state index contributed by atoms with van der Waals surface area (Å²) >= 11 is 0. The van der Waals surface area contributed by atoms with Gasteiger partial charge in [0.05, 0.1) is 11.4 Å². The molecule has 344 valence electrons. The fraction of sp³-hybridized carbons (Fsp3) is 0.438. The molecule has 2 saturated carbocycles. The van der Waals surface area contributed by atoms with Crippen molar-refractivity contribution in [1.29, 1.82) is 0 Å². The predicted molar refractivity (Wildman–Crippen MR) is 288 cm³/mol. The quantitative estimate of drug-likeness (QED) is 0.0999. The maximum absolute atomic E-state index is 2.64. The van der Waals surface area contributed by atoms with E-state index in [1.54, 1.807) is 0 Å². The fourth-order valence-corrected chi connectivity index (χ4v) is 11.4. The normalized spacial score (nSPS) is 17.8. The van der Waals surface area contributed by atoms with Gasteiger partial charge in [-0.05, 0) is 155 Å². The van der Waals surface area contributed by atoms with Crippen LogP contribution in [0.4, 0.5) is 28.4 Å². The van der Waals surface area contributed by atoms with Crippen LogP contribution in [0.25, 0.3) is 21.5 Å². The second kappa shape index (κ2) is 18.9. The molecule has 1 atom stereocenters. The van der Waals surface area contributed by atoms with Crippen LogP contribution in [-0.2, 0) is 10.8 Å². The van der Waals surface area contributed by atoms with E-state index >= 15 is 0 Å². The molecule has 0 radical (unpaired) electrons. The first-order valence-corrected chi connectivity index (χ1v) is 26.0. The van der Waals surface area contributed by atoms with Crippen molar-refractivity contribution in [3.05, 3.63) is 161 Å². The van der Waals surface area contributed by atoms with Crippen molar-refractivity contribution < 1.29 is 0 Å². The molecule has 2 fully saturated rings. The molecule has 0 saturated heterocycles. The average Bonchev–Trinajstić information content (AvgIpc) is 3.32. The second-order valence-electron chi connectivity index (χ2n) is 23.1. The van der Waals surface area contributed by atoms with Crippen molar-refractivity contribution in [2.75, 3.05) is 9.80 Å². The Balaban J connectivity index is 1.36. The third kappa shape index (κ3) is 9.41. The molecule has 0 heterocycles. The van der Waals surface area contributed by atoms with Crippen LogP contribution in [0.3, 0.4) is 0 Å². The number of fused-ring (bicyclic) bond motifs is 2. The molecule has 6 aromatic rings. The molecule has 6 aromatic carbocycles. The van der Waals surface area contributed by atoms with E-state index in [0.717, 1.165) is 6.42 Å². The third-order valence-corrected chi connectivity index (χ3v) is 15.7. The van der Waals surface area contributed by atoms with E-state index in [2.05, 4.69) is 206 Å². The highest BCUT2D eigenvalue weighted by Gasteiger charge is 2.30. The minimum atomic E-state index is -0.0445. The van der Waals surface area contributed by atoms with E-state index in [9.17, 15) is 0 Å². The molecule has 0 amide bonds. The summed E-state index contributed by atoms with van der Waals surface area (Å²) in [7, 11) is 0. The molecule has 1 unspecified atom stereocenters. The molecule has 0 aromatic heterocycles. The van der Waals surface area contributed by atoms with Gasteiger partial charge in [-0.1, -0.05) is 181 Å². The number of benzene rings is 6. The summed E-state index contributed by atoms with van der Waals surface area (Å²) in [5.41, 5.74) is 14.3. The van der Waals surface area contributed by atoms with Gasteiger partial charge in [-0.2, -0.15) is 0 Å². The first kappa shape index (κ1) is 46.0. The Morgan fingerprint density at radius 3 is 1.29 bits per heavy atom. The van der Waals surface area contributed by atoms with Crippen LogP contribution in [0.15, 0.2) is 133 Å². The van der Waals surface area contributed by atoms with E-state index in [4.69, 9.17) is 0 Å². The standard InChI is InChI=1S/C64H78N2/c1-43(2)45-21-31-53(32-22-45)65(55-35-25-49(26-36-55)47-17-13-11-14-18-47)61-57-39-29-52(64(8,9)10)42-60(57)62(58-40-30-51(41-59(58)61)63(5,6)7)66(54-33-23-46(24-34-54)44(3)4)56-37-27-50(28-38-56)48-19-15-12-16-20-48/h21-23,25-44,46-48H,11-20,24H2,1-10H3. The highest BCUT2D eigenvalue weighted by molar-refractivity contribution is 6.23. The zero-order chi connectivity index (χ0) is 46.3. The summed E-state index contributed by atoms with van der Waals surface area (Å²) < 4.78 is 0. The van der Waals surface area contributed by atoms with Crippen LogP contribution in [0.1, 0.15) is 185 Å². The Labute approximate surface area is 399 Å². The summed E-state index contributed by atoms with van der Waals surface area (Å²) in [5.74, 6) is 2.88. The van der Waals surface area contributed by atoms with Crippen molar-refractivity contribution in [3.8, 4) is 0 Å². The van der Waals surface area contributed by atoms with E-state index in [1.807, 2.05) is 0 Å². The summed E-state index contributed by atoms with van der Waals surface area (Å²) in [6.45, 7) is 23.5. The molecular weight excluding hydrogens is 797 g/mol. The fourth-order valence-electron chi connectivity index (χ4n) is 11.4. The van der Waals surface area contributed by atoms with Crippen LogP contribution in [-0.4, -0.2) is 0 Å². The van der Waals surface area contributed by atoms with Gasteiger partial charge in [-0.25, -0.2) is 0 Å². The summed E-state index contributed by atoms with van der Waals surface area (Å²) in [6.07, 6.45) is 21.8. The first-order chi connectivity index (χ1) is 31.7. The zero-order valence-corrected chi connectivity index (χ0v) is 42.2. The van der Waals surface area contributed by atoms with Crippen LogP contribution in [0.5, 0.6) is 0 Å². The molecule has 3 aliphatic rings. The van der Waals surface area contributed by atoms with E-state index in [0.29, 0.717) is 29.6 Å². The smallest absolute Gasteiger partial charge is 0.0620 e. The minimum absolute atomic E-state index is 0.0427. The number of rotatable bonds is 10. The number of hydrogen-bond donors (Lipinski definition) is 0. The van der Waals surface area contributed by atoms with Crippen LogP contribution >= 0.6 is 0 Å². The highest BCUT2D eigenvalue weighted by atomic mass is 15.2. The van der Waals surface area contributed by atoms with Crippen molar-refractivity contribution in [2.45, 2.75) is 168 Å². The van der Waals surface area contributed by atoms with Crippen molar-refractivity contribution >= 4 is 50.0 Å². The molecular formula is C64H78N2. The van der Waals surface area contributed by atoms with Gasteiger partial charge in [-0.3, -0.25) is 0 Å². The van der Waals surface area contributed by atoms with Gasteiger partial charge < -0.3 is 9.80 Å². The van der Waals surface area contributed by atoms with Crippen molar-refractivity contribution in [2.24, 2.45) is 11.8 Å². The highest BCUT2D eigenvalue weighted by Crippen LogP contribution is 2.52. The topological polar surface area (TPSA) is 6.48 Å². The predicted octanol–water partition coefficient (Wildman–Crippen LogP) is 19.5. The van der Waals surface area contributed by atoms with Gasteiger partial charge >= 0.3 is 0 Å². The minimum Gasteiger partial charge on any atom is -0.310 e. The van der Waals surface area contributed by atoms with E-state index in [-0.39, 0.29) is 10.8 Å². The Kier molecular flexibility index (Phi) is 13.2. The molecule has 0 bridgehead atoms. The molecule has 66 heavy (non-hydrogen) atoms. The lowest BCUT2D eigenvalue weighted by Gasteiger charge is -2.35. The van der Waals surface area contributed by atoms with Gasteiger partial charge in [0.1, 0.15) is 0 Å². The van der Waals surface area contributed by atoms with Crippen LogP contribution < -0.4 is 9.80 Å². The van der Waals surface area contributed by atoms with Gasteiger partial charge in [-0.15, -0.1) is 0 Å². The SMILES string of the molecule is CC(C)c1ccc(N(c2ccc(C3CCCCC3)cc2)c2c3ccc(C(C)(C)C)cc3c(N(C3=CCC(C(C)C)C=C3)c3ccc(C4CCCCC4)cc3)c3ccc(C(C)(C)C)cc23)cc1. The Bertz CT molecular complexity index is 2680. The first-order valence-electron chi connectivity index (χ1n) is 26.0. The number of anilines is 5. The monoisotopic (exact) mass is 875 g/mol. The molecule has 9 rings (SSSR count). The lowest BCUT2D eigenvalue weighted by molar-refractivity contribution is 0.443. The average molecular weight is 875 g/mol. The largest absolute Gasteiger partial charge is 0.310 e. The molecule has 2 nitrogen and oxygen atoms in total. The molecule has 3 aliphatic carbocycles. The third-order valence-electron chi connectivity index (χ3n) is 15.7. The molecule has 0 aliphatic heterocycles. The lowest BCUT2D eigenvalue weighted by atomic mass is 9.82. The lowest BCUT2D eigenvalue weighted by Crippen LogP contribution is -2.21. The summed E-state index contributed by atoms with van der Waals surface area (Å²) in [4.78, 5) is 5.23. The Morgan fingerprint density at radius 2 is 0.894 bits per heavy atom. The molecule has 0 spiro atoms. The van der Waals surface area contributed by atoms with Gasteiger partial charge in [0.2, 0.25) is 0 Å². The van der Waals surface area contributed by atoms with Crippen LogP contribution in [0.2, 0.25) is 0 Å². The Hall–Kier alpha value is -5.08. The number of nitrogens with zero attached hydrogens (tertiary/aromatic N) is 2. The van der Waals surface area contributed by atoms with Crippen molar-refractivity contribution in [3.63, 3.8) is 0 Å². The zero-order valence-electron chi connectivity index (χ0n) is 42.2. The number of allylic oxidation sites excluding steroid dienone is 3. The van der Waals surface area contributed by atoms with Crippen LogP contribution in [0, 0.1) is 11.8 Å².